The third-order valence-corrected chi connectivity index (χ3v) is 7.31. The van der Waals surface area contributed by atoms with Gasteiger partial charge < -0.3 is 10.1 Å². The number of methoxy groups -OCH3 is 1. The van der Waals surface area contributed by atoms with Gasteiger partial charge in [0.2, 0.25) is 0 Å². The van der Waals surface area contributed by atoms with Crippen molar-refractivity contribution in [1.29, 1.82) is 0 Å². The number of hydrogen-bond acceptors (Lipinski definition) is 3. The monoisotopic (exact) mass is 430 g/mol. The number of hydrogen-bond donors (Lipinski definition) is 1. The van der Waals surface area contributed by atoms with Gasteiger partial charge in [0.15, 0.2) is 11.6 Å². The molecular formula is C28H31FN2O. The van der Waals surface area contributed by atoms with Gasteiger partial charge in [-0.1, -0.05) is 72.8 Å². The molecule has 2 bridgehead atoms. The quantitative estimate of drug-likeness (QED) is 0.556. The minimum Gasteiger partial charge on any atom is -0.493 e. The Kier molecular flexibility index (Phi) is 6.24. The second kappa shape index (κ2) is 9.43. The maximum absolute atomic E-state index is 14.3. The molecule has 0 saturated carbocycles. The van der Waals surface area contributed by atoms with Crippen LogP contribution >= 0.6 is 0 Å². The Hall–Kier alpha value is -2.69. The van der Waals surface area contributed by atoms with Crippen molar-refractivity contribution in [2.24, 2.45) is 5.92 Å². The van der Waals surface area contributed by atoms with Crippen LogP contribution in [0, 0.1) is 11.7 Å². The molecule has 3 aromatic carbocycles. The molecular weight excluding hydrogens is 399 g/mol. The first-order chi connectivity index (χ1) is 15.8. The maximum Gasteiger partial charge on any atom is 0.165 e. The molecule has 3 aliphatic heterocycles. The number of fused-ring (bicyclic) bond motifs is 3. The summed E-state index contributed by atoms with van der Waals surface area (Å²) in [7, 11) is 1.54. The average Bonchev–Trinajstić information content (AvgIpc) is 2.85. The first kappa shape index (κ1) is 21.2. The van der Waals surface area contributed by atoms with Crippen molar-refractivity contribution in [2.75, 3.05) is 20.2 Å². The summed E-state index contributed by atoms with van der Waals surface area (Å²) in [5.41, 5.74) is 3.58. The normalized spacial score (nSPS) is 24.6. The molecule has 32 heavy (non-hydrogen) atoms. The van der Waals surface area contributed by atoms with E-state index in [1.807, 2.05) is 6.07 Å². The van der Waals surface area contributed by atoms with Gasteiger partial charge >= 0.3 is 0 Å². The molecule has 0 spiro atoms. The highest BCUT2D eigenvalue weighted by Crippen LogP contribution is 2.42. The number of benzene rings is 3. The summed E-state index contributed by atoms with van der Waals surface area (Å²) >= 11 is 0. The second-order valence-corrected chi connectivity index (χ2v) is 9.00. The maximum atomic E-state index is 14.3. The minimum atomic E-state index is -0.302. The predicted molar refractivity (Wildman–Crippen MR) is 126 cm³/mol. The molecule has 3 aromatic rings. The van der Waals surface area contributed by atoms with Crippen LogP contribution < -0.4 is 10.1 Å². The number of piperidine rings is 3. The van der Waals surface area contributed by atoms with E-state index in [-0.39, 0.29) is 11.7 Å². The van der Waals surface area contributed by atoms with E-state index < -0.39 is 0 Å². The van der Waals surface area contributed by atoms with Crippen LogP contribution in [0.3, 0.4) is 0 Å². The van der Waals surface area contributed by atoms with Gasteiger partial charge in [0.05, 0.1) is 7.11 Å². The molecule has 0 aromatic heterocycles. The summed E-state index contributed by atoms with van der Waals surface area (Å²) in [5.74, 6) is 0.955. The summed E-state index contributed by atoms with van der Waals surface area (Å²) in [6, 6.07) is 27.6. The lowest BCUT2D eigenvalue weighted by atomic mass is 9.70. The number of para-hydroxylation sites is 1. The minimum absolute atomic E-state index is 0.285. The van der Waals surface area contributed by atoms with Crippen molar-refractivity contribution in [3.63, 3.8) is 0 Å². The second-order valence-electron chi connectivity index (χ2n) is 9.00. The largest absolute Gasteiger partial charge is 0.493 e. The van der Waals surface area contributed by atoms with Crippen LogP contribution in [0.15, 0.2) is 78.9 Å². The Morgan fingerprint density at radius 2 is 1.53 bits per heavy atom. The number of nitrogens with zero attached hydrogens (tertiary/aromatic N) is 1. The zero-order valence-corrected chi connectivity index (χ0v) is 18.6. The molecule has 2 atom stereocenters. The predicted octanol–water partition coefficient (Wildman–Crippen LogP) is 5.22. The van der Waals surface area contributed by atoms with Gasteiger partial charge in [0.25, 0.3) is 0 Å². The molecule has 0 unspecified atom stereocenters. The molecule has 4 heteroatoms. The molecule has 1 N–H and O–H groups in total. The lowest BCUT2D eigenvalue weighted by Crippen LogP contribution is -2.64. The first-order valence-corrected chi connectivity index (χ1v) is 11.6. The Labute approximate surface area is 190 Å². The topological polar surface area (TPSA) is 24.5 Å². The van der Waals surface area contributed by atoms with Gasteiger partial charge in [-0.2, -0.15) is 0 Å². The Bertz CT molecular complexity index is 979. The SMILES string of the molecule is COc1c(F)cccc1CN[C@@H]1C2CCN(CC2)[C@H]1C(c1ccccc1)c1ccccc1. The van der Waals surface area contributed by atoms with Gasteiger partial charge in [-0.3, -0.25) is 4.90 Å². The molecule has 166 valence electrons. The first-order valence-electron chi connectivity index (χ1n) is 11.6. The zero-order valence-electron chi connectivity index (χ0n) is 18.6. The van der Waals surface area contributed by atoms with Crippen molar-refractivity contribution in [1.82, 2.24) is 10.2 Å². The summed E-state index contributed by atoms with van der Waals surface area (Å²) in [6.45, 7) is 2.89. The van der Waals surface area contributed by atoms with Crippen LogP contribution in [0.25, 0.3) is 0 Å². The fourth-order valence-corrected chi connectivity index (χ4v) is 5.84. The molecule has 0 amide bonds. The molecule has 6 rings (SSSR count). The zero-order chi connectivity index (χ0) is 21.9. The van der Waals surface area contributed by atoms with Crippen molar-refractivity contribution < 1.29 is 9.13 Å². The number of ether oxygens (including phenoxy) is 1. The molecule has 3 heterocycles. The molecule has 0 aliphatic carbocycles. The highest BCUT2D eigenvalue weighted by Gasteiger charge is 2.46. The van der Waals surface area contributed by atoms with E-state index in [0.717, 1.165) is 18.7 Å². The van der Waals surface area contributed by atoms with E-state index in [2.05, 4.69) is 70.9 Å². The van der Waals surface area contributed by atoms with E-state index in [1.165, 1.54) is 30.0 Å². The fraction of sp³-hybridized carbons (Fsp3) is 0.357. The van der Waals surface area contributed by atoms with Crippen LogP contribution in [0.2, 0.25) is 0 Å². The van der Waals surface area contributed by atoms with Crippen molar-refractivity contribution in [3.05, 3.63) is 101 Å². The Morgan fingerprint density at radius 3 is 2.12 bits per heavy atom. The molecule has 3 aliphatic rings. The van der Waals surface area contributed by atoms with Gasteiger partial charge in [-0.15, -0.1) is 0 Å². The van der Waals surface area contributed by atoms with Gasteiger partial charge in [0.1, 0.15) is 0 Å². The molecule has 0 radical (unpaired) electrons. The van der Waals surface area contributed by atoms with E-state index in [0.29, 0.717) is 30.3 Å². The highest BCUT2D eigenvalue weighted by atomic mass is 19.1. The van der Waals surface area contributed by atoms with Gasteiger partial charge in [-0.05, 0) is 49.0 Å². The number of rotatable bonds is 7. The number of halogens is 1. The van der Waals surface area contributed by atoms with Crippen molar-refractivity contribution in [2.45, 2.75) is 37.4 Å². The summed E-state index contributed by atoms with van der Waals surface area (Å²) < 4.78 is 19.6. The van der Waals surface area contributed by atoms with Crippen LogP contribution in [0.1, 0.15) is 35.4 Å². The van der Waals surface area contributed by atoms with E-state index in [9.17, 15) is 4.39 Å². The average molecular weight is 431 g/mol. The number of nitrogens with one attached hydrogen (secondary N) is 1. The smallest absolute Gasteiger partial charge is 0.165 e. The molecule has 3 nitrogen and oxygen atoms in total. The van der Waals surface area contributed by atoms with Crippen molar-refractivity contribution >= 4 is 0 Å². The van der Waals surface area contributed by atoms with Gasteiger partial charge in [0, 0.05) is 30.1 Å². The molecule has 3 saturated heterocycles. The Balaban J connectivity index is 1.49. The van der Waals surface area contributed by atoms with Crippen LogP contribution in [0.5, 0.6) is 5.75 Å². The third kappa shape index (κ3) is 4.05. The summed E-state index contributed by atoms with van der Waals surface area (Å²) in [4.78, 5) is 2.67. The summed E-state index contributed by atoms with van der Waals surface area (Å²) in [6.07, 6.45) is 2.43. The lowest BCUT2D eigenvalue weighted by molar-refractivity contribution is 0.00461. The van der Waals surface area contributed by atoms with E-state index in [1.54, 1.807) is 13.2 Å². The van der Waals surface area contributed by atoms with Crippen LogP contribution in [0.4, 0.5) is 4.39 Å². The van der Waals surface area contributed by atoms with Gasteiger partial charge in [-0.25, -0.2) is 4.39 Å². The highest BCUT2D eigenvalue weighted by molar-refractivity contribution is 5.37. The Morgan fingerprint density at radius 1 is 0.906 bits per heavy atom. The summed E-state index contributed by atoms with van der Waals surface area (Å²) in [5, 5.41) is 3.85. The van der Waals surface area contributed by atoms with E-state index >= 15 is 0 Å². The van der Waals surface area contributed by atoms with Crippen LogP contribution in [-0.4, -0.2) is 37.2 Å². The van der Waals surface area contributed by atoms with Crippen molar-refractivity contribution in [3.8, 4) is 5.75 Å². The molecule has 3 fully saturated rings. The third-order valence-electron chi connectivity index (χ3n) is 7.31. The fourth-order valence-electron chi connectivity index (χ4n) is 5.84. The van der Waals surface area contributed by atoms with E-state index in [4.69, 9.17) is 4.74 Å². The lowest BCUT2D eigenvalue weighted by Gasteiger charge is -2.54. The van der Waals surface area contributed by atoms with Crippen LogP contribution in [-0.2, 0) is 6.54 Å². The standard InChI is InChI=1S/C28H31FN2O/c1-32-28-23(13-8-14-24(28)29)19-30-26-22-15-17-31(18-16-22)27(26)25(20-9-4-2-5-10-20)21-11-6-3-7-12-21/h2-14,22,25-27,30H,15-19H2,1H3/t26-,27+/m1/s1.